The Bertz CT molecular complexity index is 587. The first kappa shape index (κ1) is 13.7. The minimum absolute atomic E-state index is 0.234. The van der Waals surface area contributed by atoms with Gasteiger partial charge in [0.05, 0.1) is 6.10 Å². The van der Waals surface area contributed by atoms with Crippen molar-refractivity contribution >= 4 is 15.9 Å². The molecule has 0 spiro atoms. The van der Waals surface area contributed by atoms with E-state index in [2.05, 4.69) is 31.1 Å². The largest absolute Gasteiger partial charge is 0.393 e. The van der Waals surface area contributed by atoms with Crippen molar-refractivity contribution in [1.29, 1.82) is 0 Å². The zero-order chi connectivity index (χ0) is 13.9. The van der Waals surface area contributed by atoms with Crippen molar-refractivity contribution in [2.45, 2.75) is 38.2 Å². The summed E-state index contributed by atoms with van der Waals surface area (Å²) in [6, 6.07) is 1.90. The third-order valence-electron chi connectivity index (χ3n) is 3.74. The molecule has 2 aromatic heterocycles. The van der Waals surface area contributed by atoms with E-state index in [1.807, 2.05) is 6.07 Å². The van der Waals surface area contributed by atoms with Crippen LogP contribution in [0, 0.1) is 5.92 Å². The molecule has 1 aliphatic carbocycles. The quantitative estimate of drug-likeness (QED) is 0.931. The van der Waals surface area contributed by atoms with E-state index in [1.54, 1.807) is 12.4 Å². The normalized spacial score (nSPS) is 22.9. The van der Waals surface area contributed by atoms with Crippen LogP contribution in [0.1, 0.15) is 31.6 Å². The van der Waals surface area contributed by atoms with Gasteiger partial charge in [-0.1, -0.05) is 18.0 Å². The van der Waals surface area contributed by atoms with Crippen LogP contribution >= 0.6 is 15.9 Å². The van der Waals surface area contributed by atoms with Gasteiger partial charge in [0.15, 0.2) is 0 Å². The topological polar surface area (TPSA) is 72.0 Å². The summed E-state index contributed by atoms with van der Waals surface area (Å²) in [5.74, 6) is 1.36. The van der Waals surface area contributed by atoms with Gasteiger partial charge in [-0.2, -0.15) is 4.98 Å². The van der Waals surface area contributed by atoms with E-state index in [9.17, 15) is 5.11 Å². The fraction of sp³-hybridized carbons (Fsp3) is 0.500. The summed E-state index contributed by atoms with van der Waals surface area (Å²) in [7, 11) is 0. The molecule has 1 fully saturated rings. The van der Waals surface area contributed by atoms with Gasteiger partial charge in [0.25, 0.3) is 0 Å². The number of rotatable bonds is 3. The van der Waals surface area contributed by atoms with Gasteiger partial charge < -0.3 is 9.63 Å². The van der Waals surface area contributed by atoms with Gasteiger partial charge in [-0.3, -0.25) is 4.98 Å². The molecule has 6 heteroatoms. The van der Waals surface area contributed by atoms with E-state index in [-0.39, 0.29) is 12.0 Å². The molecule has 20 heavy (non-hydrogen) atoms. The molecule has 0 bridgehead atoms. The Kier molecular flexibility index (Phi) is 4.12. The Morgan fingerprint density at radius 2 is 2.15 bits per heavy atom. The summed E-state index contributed by atoms with van der Waals surface area (Å²) >= 11 is 3.37. The molecule has 1 saturated carbocycles. The molecule has 3 rings (SSSR count). The van der Waals surface area contributed by atoms with Crippen molar-refractivity contribution in [1.82, 2.24) is 15.1 Å². The molecule has 0 radical (unpaired) electrons. The Morgan fingerprint density at radius 1 is 1.30 bits per heavy atom. The van der Waals surface area contributed by atoms with Crippen LogP contribution in [0.2, 0.25) is 0 Å². The van der Waals surface area contributed by atoms with Gasteiger partial charge in [0.2, 0.25) is 11.7 Å². The lowest BCUT2D eigenvalue weighted by Gasteiger charge is -2.26. The SMILES string of the molecule is OC1CCCCC1Cc1nc(-c2cncc(Br)c2)no1. The average molecular weight is 338 g/mol. The summed E-state index contributed by atoms with van der Waals surface area (Å²) in [6.45, 7) is 0. The predicted octanol–water partition coefficient (Wildman–Crippen LogP) is 2.99. The van der Waals surface area contributed by atoms with Gasteiger partial charge >= 0.3 is 0 Å². The molecular weight excluding hydrogens is 322 g/mol. The predicted molar refractivity (Wildman–Crippen MR) is 76.9 cm³/mol. The minimum atomic E-state index is -0.244. The second-order valence-corrected chi connectivity index (χ2v) is 6.14. The van der Waals surface area contributed by atoms with Crippen molar-refractivity contribution in [3.8, 4) is 11.4 Å². The van der Waals surface area contributed by atoms with Gasteiger partial charge in [0.1, 0.15) is 0 Å². The van der Waals surface area contributed by atoms with Gasteiger partial charge in [-0.15, -0.1) is 0 Å². The lowest BCUT2D eigenvalue weighted by atomic mass is 9.84. The molecular formula is C14H16BrN3O2. The highest BCUT2D eigenvalue weighted by Gasteiger charge is 2.25. The summed E-state index contributed by atoms with van der Waals surface area (Å²) in [4.78, 5) is 8.49. The lowest BCUT2D eigenvalue weighted by molar-refractivity contribution is 0.0657. The molecule has 1 aliphatic rings. The number of aliphatic hydroxyl groups is 1. The van der Waals surface area contributed by atoms with Crippen LogP contribution < -0.4 is 0 Å². The van der Waals surface area contributed by atoms with E-state index in [1.165, 1.54) is 0 Å². The summed E-state index contributed by atoms with van der Waals surface area (Å²) in [6.07, 6.45) is 7.99. The lowest BCUT2D eigenvalue weighted by Crippen LogP contribution is -2.26. The van der Waals surface area contributed by atoms with Crippen LogP contribution in [0.15, 0.2) is 27.5 Å². The first-order chi connectivity index (χ1) is 9.72. The Balaban J connectivity index is 1.73. The molecule has 0 aromatic carbocycles. The van der Waals surface area contributed by atoms with E-state index >= 15 is 0 Å². The maximum atomic E-state index is 9.98. The van der Waals surface area contributed by atoms with E-state index in [4.69, 9.17) is 4.52 Å². The maximum absolute atomic E-state index is 9.98. The standard InChI is InChI=1S/C14H16BrN3O2/c15-11-5-10(7-16-8-11)14-17-13(20-18-14)6-9-3-1-2-4-12(9)19/h5,7-9,12,19H,1-4,6H2. The third-order valence-corrected chi connectivity index (χ3v) is 4.17. The van der Waals surface area contributed by atoms with E-state index < -0.39 is 0 Å². The Hall–Kier alpha value is -1.27. The average Bonchev–Trinajstić information content (AvgIpc) is 2.90. The molecule has 2 aromatic rings. The Labute approximate surface area is 125 Å². The van der Waals surface area contributed by atoms with Gasteiger partial charge in [-0.25, -0.2) is 0 Å². The highest BCUT2D eigenvalue weighted by Crippen LogP contribution is 2.27. The second-order valence-electron chi connectivity index (χ2n) is 5.22. The molecule has 2 heterocycles. The fourth-order valence-electron chi connectivity index (χ4n) is 2.64. The minimum Gasteiger partial charge on any atom is -0.393 e. The molecule has 5 nitrogen and oxygen atoms in total. The molecule has 0 aliphatic heterocycles. The third kappa shape index (κ3) is 3.07. The first-order valence-electron chi connectivity index (χ1n) is 6.84. The van der Waals surface area contributed by atoms with Crippen molar-refractivity contribution in [2.75, 3.05) is 0 Å². The molecule has 2 atom stereocenters. The molecule has 0 amide bonds. The highest BCUT2D eigenvalue weighted by molar-refractivity contribution is 9.10. The summed E-state index contributed by atoms with van der Waals surface area (Å²) in [5, 5.41) is 14.0. The Morgan fingerprint density at radius 3 is 2.95 bits per heavy atom. The number of pyridine rings is 1. The maximum Gasteiger partial charge on any atom is 0.227 e. The van der Waals surface area contributed by atoms with Crippen LogP contribution in [-0.2, 0) is 6.42 Å². The molecule has 1 N–H and O–H groups in total. The van der Waals surface area contributed by atoms with Gasteiger partial charge in [0, 0.05) is 28.9 Å². The highest BCUT2D eigenvalue weighted by atomic mass is 79.9. The van der Waals surface area contributed by atoms with Crippen molar-refractivity contribution in [2.24, 2.45) is 5.92 Å². The number of aliphatic hydroxyl groups excluding tert-OH is 1. The monoisotopic (exact) mass is 337 g/mol. The van der Waals surface area contributed by atoms with Crippen LogP contribution in [-0.4, -0.2) is 26.3 Å². The zero-order valence-electron chi connectivity index (χ0n) is 11.0. The number of nitrogens with zero attached hydrogens (tertiary/aromatic N) is 3. The smallest absolute Gasteiger partial charge is 0.227 e. The number of aromatic nitrogens is 3. The van der Waals surface area contributed by atoms with E-state index in [0.29, 0.717) is 18.1 Å². The van der Waals surface area contributed by atoms with Crippen LogP contribution in [0.3, 0.4) is 0 Å². The van der Waals surface area contributed by atoms with Crippen molar-refractivity contribution in [3.05, 3.63) is 28.8 Å². The second kappa shape index (κ2) is 6.01. The number of hydrogen-bond donors (Lipinski definition) is 1. The summed E-state index contributed by atoms with van der Waals surface area (Å²) < 4.78 is 6.17. The van der Waals surface area contributed by atoms with Crippen molar-refractivity contribution < 1.29 is 9.63 Å². The van der Waals surface area contributed by atoms with Crippen LogP contribution in [0.5, 0.6) is 0 Å². The summed E-state index contributed by atoms with van der Waals surface area (Å²) in [5.41, 5.74) is 0.818. The number of halogens is 1. The molecule has 0 saturated heterocycles. The molecule has 2 unspecified atom stereocenters. The zero-order valence-corrected chi connectivity index (χ0v) is 12.6. The number of hydrogen-bond acceptors (Lipinski definition) is 5. The van der Waals surface area contributed by atoms with Crippen LogP contribution in [0.4, 0.5) is 0 Å². The van der Waals surface area contributed by atoms with Crippen LogP contribution in [0.25, 0.3) is 11.4 Å². The van der Waals surface area contributed by atoms with E-state index in [0.717, 1.165) is 35.7 Å². The van der Waals surface area contributed by atoms with Crippen molar-refractivity contribution in [3.63, 3.8) is 0 Å². The molecule has 106 valence electrons. The fourth-order valence-corrected chi connectivity index (χ4v) is 3.00. The first-order valence-corrected chi connectivity index (χ1v) is 7.63. The van der Waals surface area contributed by atoms with Gasteiger partial charge in [-0.05, 0) is 40.8 Å².